The van der Waals surface area contributed by atoms with E-state index in [0.717, 1.165) is 10.0 Å². The quantitative estimate of drug-likeness (QED) is 0.221. The van der Waals surface area contributed by atoms with Crippen LogP contribution >= 0.6 is 27.7 Å². The highest BCUT2D eigenvalue weighted by Crippen LogP contribution is 2.42. The van der Waals surface area contributed by atoms with Gasteiger partial charge in [0.1, 0.15) is 16.7 Å². The predicted molar refractivity (Wildman–Crippen MR) is 147 cm³/mol. The number of carbonyl (C=O) groups excluding carboxylic acids is 3. The van der Waals surface area contributed by atoms with E-state index in [0.29, 0.717) is 23.4 Å². The van der Waals surface area contributed by atoms with Crippen LogP contribution in [0.1, 0.15) is 22.8 Å². The Morgan fingerprint density at radius 2 is 1.73 bits per heavy atom. The fourth-order valence-corrected chi connectivity index (χ4v) is 5.30. The predicted octanol–water partition coefficient (Wildman–Crippen LogP) is 5.69. The average Bonchev–Trinajstić information content (AvgIpc) is 3.22. The van der Waals surface area contributed by atoms with Crippen LogP contribution in [-0.2, 0) is 20.7 Å². The van der Waals surface area contributed by atoms with Crippen molar-refractivity contribution < 1.29 is 19.1 Å². The summed E-state index contributed by atoms with van der Waals surface area (Å²) in [5.74, 6) is -1.31. The minimum absolute atomic E-state index is 0.171. The van der Waals surface area contributed by atoms with Gasteiger partial charge in [-0.1, -0.05) is 58.0 Å². The molecule has 1 aliphatic rings. The summed E-state index contributed by atoms with van der Waals surface area (Å²) in [6.45, 7) is 1.98. The number of rotatable bonds is 7. The first-order chi connectivity index (χ1) is 17.9. The molecule has 4 rings (SSSR count). The maximum absolute atomic E-state index is 13.5. The third-order valence-electron chi connectivity index (χ3n) is 5.51. The highest BCUT2D eigenvalue weighted by Gasteiger charge is 2.40. The molecule has 1 aliphatic heterocycles. The first-order valence-electron chi connectivity index (χ1n) is 11.4. The van der Waals surface area contributed by atoms with Gasteiger partial charge in [-0.25, -0.2) is 4.79 Å². The van der Waals surface area contributed by atoms with Gasteiger partial charge in [-0.2, -0.15) is 5.26 Å². The zero-order chi connectivity index (χ0) is 26.4. The average molecular weight is 576 g/mol. The van der Waals surface area contributed by atoms with Crippen LogP contribution in [0, 0.1) is 11.3 Å². The lowest BCUT2D eigenvalue weighted by Gasteiger charge is -2.18. The lowest BCUT2D eigenvalue weighted by Crippen LogP contribution is -2.30. The molecule has 3 aromatic carbocycles. The summed E-state index contributed by atoms with van der Waals surface area (Å²) < 4.78 is 5.91. The first kappa shape index (κ1) is 26.2. The molecular weight excluding hydrogens is 554 g/mol. The number of carbonyl (C=O) groups is 3. The maximum Gasteiger partial charge on any atom is 0.338 e. The van der Waals surface area contributed by atoms with Crippen LogP contribution in [0.15, 0.2) is 93.9 Å². The van der Waals surface area contributed by atoms with E-state index in [4.69, 9.17) is 4.74 Å². The molecule has 9 heteroatoms. The van der Waals surface area contributed by atoms with E-state index in [1.165, 1.54) is 28.8 Å². The molecule has 1 saturated heterocycles. The summed E-state index contributed by atoms with van der Waals surface area (Å²) in [5, 5.41) is 12.5. The summed E-state index contributed by atoms with van der Waals surface area (Å²) in [7, 11) is 0. The van der Waals surface area contributed by atoms with Crippen LogP contribution in [0.3, 0.4) is 0 Å². The molecule has 1 atom stereocenters. The van der Waals surface area contributed by atoms with Gasteiger partial charge in [-0.15, -0.1) is 0 Å². The number of ether oxygens (including phenoxy) is 1. The maximum atomic E-state index is 13.5. The number of amides is 2. The molecule has 0 radical (unpaired) electrons. The molecule has 186 valence electrons. The Labute approximate surface area is 227 Å². The number of nitrogens with one attached hydrogen (secondary N) is 1. The fraction of sp³-hybridized carbons (Fsp3) is 0.143. The summed E-state index contributed by atoms with van der Waals surface area (Å²) >= 11 is 4.62. The van der Waals surface area contributed by atoms with Gasteiger partial charge in [-0.3, -0.25) is 14.5 Å². The molecular formula is C28H22BrN3O4S. The number of hydrogen-bond donors (Lipinski definition) is 1. The van der Waals surface area contributed by atoms with Crippen LogP contribution in [-0.4, -0.2) is 29.6 Å². The van der Waals surface area contributed by atoms with Gasteiger partial charge in [0, 0.05) is 15.8 Å². The summed E-state index contributed by atoms with van der Waals surface area (Å²) in [5.41, 5.74) is 2.12. The Balaban J connectivity index is 1.63. The number of esters is 1. The van der Waals surface area contributed by atoms with Crippen molar-refractivity contribution in [3.05, 3.63) is 105 Å². The highest BCUT2D eigenvalue weighted by molar-refractivity contribution is 9.10. The molecule has 3 aromatic rings. The van der Waals surface area contributed by atoms with Gasteiger partial charge in [0.25, 0.3) is 5.91 Å². The molecule has 0 saturated carbocycles. The molecule has 1 fully saturated rings. The van der Waals surface area contributed by atoms with Crippen molar-refractivity contribution in [3.63, 3.8) is 0 Å². The molecule has 0 bridgehead atoms. The number of benzene rings is 3. The number of anilines is 2. The Hall–Kier alpha value is -3.87. The van der Waals surface area contributed by atoms with E-state index in [1.54, 1.807) is 43.3 Å². The van der Waals surface area contributed by atoms with E-state index in [2.05, 4.69) is 21.2 Å². The molecule has 0 spiro atoms. The molecule has 7 nitrogen and oxygen atoms in total. The summed E-state index contributed by atoms with van der Waals surface area (Å²) in [6.07, 6.45) is 0.444. The van der Waals surface area contributed by atoms with Crippen molar-refractivity contribution in [2.24, 2.45) is 0 Å². The minimum atomic E-state index is -0.646. The number of para-hydroxylation sites is 1. The second-order valence-corrected chi connectivity index (χ2v) is 10.1. The van der Waals surface area contributed by atoms with Crippen molar-refractivity contribution in [2.75, 3.05) is 16.8 Å². The van der Waals surface area contributed by atoms with Crippen LogP contribution in [0.4, 0.5) is 11.4 Å². The summed E-state index contributed by atoms with van der Waals surface area (Å²) in [4.78, 5) is 40.0. The number of thioether (sulfide) groups is 1. The highest BCUT2D eigenvalue weighted by atomic mass is 79.9. The number of halogens is 1. The largest absolute Gasteiger partial charge is 0.462 e. The third kappa shape index (κ3) is 6.10. The standard InChI is InChI=1S/C28H22BrN3O4S/c1-2-36-28(35)19-10-14-21(15-11-19)31-25(33)23(17-30)27-32(22-6-4-3-5-7-22)26(34)24(37-27)16-18-8-12-20(29)13-9-18/h3-15,24H,2,16H2,1H3,(H,31,33)/b27-23-/t24-/m0/s1. The first-order valence-corrected chi connectivity index (χ1v) is 13.1. The minimum Gasteiger partial charge on any atom is -0.462 e. The van der Waals surface area contributed by atoms with E-state index in [9.17, 15) is 19.6 Å². The number of hydrogen-bond acceptors (Lipinski definition) is 6. The molecule has 1 heterocycles. The number of nitrogens with zero attached hydrogens (tertiary/aromatic N) is 2. The molecule has 0 aromatic heterocycles. The number of nitriles is 1. The van der Waals surface area contributed by atoms with E-state index < -0.39 is 17.1 Å². The Kier molecular flexibility index (Phi) is 8.43. The van der Waals surface area contributed by atoms with Crippen molar-refractivity contribution >= 4 is 56.9 Å². The second kappa shape index (κ2) is 11.9. The zero-order valence-corrected chi connectivity index (χ0v) is 22.2. The van der Waals surface area contributed by atoms with Crippen LogP contribution in [0.25, 0.3) is 0 Å². The molecule has 1 N–H and O–H groups in total. The summed E-state index contributed by atoms with van der Waals surface area (Å²) in [6, 6.07) is 24.8. The topological polar surface area (TPSA) is 99.5 Å². The van der Waals surface area contributed by atoms with Crippen LogP contribution in [0.2, 0.25) is 0 Å². The zero-order valence-electron chi connectivity index (χ0n) is 19.8. The van der Waals surface area contributed by atoms with Crippen LogP contribution in [0.5, 0.6) is 0 Å². The molecule has 0 unspecified atom stereocenters. The normalized spacial score (nSPS) is 16.2. The van der Waals surface area contributed by atoms with Crippen molar-refractivity contribution in [1.29, 1.82) is 5.26 Å². The Morgan fingerprint density at radius 3 is 2.35 bits per heavy atom. The lowest BCUT2D eigenvalue weighted by molar-refractivity contribution is -0.117. The van der Waals surface area contributed by atoms with E-state index in [-0.39, 0.29) is 23.1 Å². The van der Waals surface area contributed by atoms with Crippen LogP contribution < -0.4 is 10.2 Å². The fourth-order valence-electron chi connectivity index (χ4n) is 3.73. The second-order valence-electron chi connectivity index (χ2n) is 7.99. The molecule has 0 aliphatic carbocycles. The van der Waals surface area contributed by atoms with Crippen molar-refractivity contribution in [2.45, 2.75) is 18.6 Å². The van der Waals surface area contributed by atoms with Gasteiger partial charge in [0.05, 0.1) is 17.4 Å². The third-order valence-corrected chi connectivity index (χ3v) is 7.30. The van der Waals surface area contributed by atoms with Crippen molar-refractivity contribution in [1.82, 2.24) is 0 Å². The van der Waals surface area contributed by atoms with E-state index >= 15 is 0 Å². The van der Waals surface area contributed by atoms with Crippen molar-refractivity contribution in [3.8, 4) is 6.07 Å². The van der Waals surface area contributed by atoms with Gasteiger partial charge >= 0.3 is 5.97 Å². The molecule has 37 heavy (non-hydrogen) atoms. The van der Waals surface area contributed by atoms with Gasteiger partial charge < -0.3 is 10.1 Å². The van der Waals surface area contributed by atoms with Gasteiger partial charge in [0.2, 0.25) is 5.91 Å². The monoisotopic (exact) mass is 575 g/mol. The Morgan fingerprint density at radius 1 is 1.05 bits per heavy atom. The SMILES string of the molecule is CCOC(=O)c1ccc(NC(=O)/C(C#N)=C2\S[C@@H](Cc3ccc(Br)cc3)C(=O)N2c2ccccc2)cc1. The Bertz CT molecular complexity index is 1380. The lowest BCUT2D eigenvalue weighted by atomic mass is 10.1. The molecule has 2 amide bonds. The van der Waals surface area contributed by atoms with Gasteiger partial charge in [-0.05, 0) is 67.4 Å². The smallest absolute Gasteiger partial charge is 0.338 e. The van der Waals surface area contributed by atoms with Gasteiger partial charge in [0.15, 0.2) is 0 Å². The van der Waals surface area contributed by atoms with E-state index in [1.807, 2.05) is 36.4 Å².